The molecule has 2 rings (SSSR count). The maximum Gasteiger partial charge on any atom is 0.223 e. The summed E-state index contributed by atoms with van der Waals surface area (Å²) in [6, 6.07) is 1.63. The smallest absolute Gasteiger partial charge is 0.223 e. The van der Waals surface area contributed by atoms with Crippen LogP contribution in [0.4, 0.5) is 5.82 Å². The predicted octanol–water partition coefficient (Wildman–Crippen LogP) is 2.34. The van der Waals surface area contributed by atoms with Gasteiger partial charge in [0.25, 0.3) is 0 Å². The molecule has 1 fully saturated rings. The first-order chi connectivity index (χ1) is 9.66. The van der Waals surface area contributed by atoms with Crippen molar-refractivity contribution in [3.8, 4) is 0 Å². The van der Waals surface area contributed by atoms with Gasteiger partial charge < -0.3 is 16.0 Å². The number of nitrogens with one attached hydrogen (secondary N) is 3. The first-order valence-electron chi connectivity index (χ1n) is 6.70. The second-order valence-electron chi connectivity index (χ2n) is 4.73. The van der Waals surface area contributed by atoms with Gasteiger partial charge in [-0.1, -0.05) is 23.2 Å². The maximum absolute atomic E-state index is 11.9. The maximum atomic E-state index is 11.9. The van der Waals surface area contributed by atoms with Crippen LogP contribution in [0.2, 0.25) is 10.0 Å². The average molecular weight is 354 g/mol. The Hall–Kier alpha value is -0.750. The second kappa shape index (κ2) is 9.30. The molecule has 118 valence electrons. The predicted molar refractivity (Wildman–Crippen MR) is 88.6 cm³/mol. The van der Waals surface area contributed by atoms with Gasteiger partial charge in [0.1, 0.15) is 5.82 Å². The van der Waals surface area contributed by atoms with Crippen LogP contribution >= 0.6 is 35.6 Å². The highest BCUT2D eigenvalue weighted by Crippen LogP contribution is 2.22. The van der Waals surface area contributed by atoms with E-state index in [1.807, 2.05) is 0 Å². The zero-order valence-corrected chi connectivity index (χ0v) is 13.8. The van der Waals surface area contributed by atoms with Gasteiger partial charge in [0.05, 0.1) is 10.0 Å². The summed E-state index contributed by atoms with van der Waals surface area (Å²) < 4.78 is 0. The summed E-state index contributed by atoms with van der Waals surface area (Å²) in [7, 11) is 0. The second-order valence-corrected chi connectivity index (χ2v) is 5.57. The summed E-state index contributed by atoms with van der Waals surface area (Å²) in [4.78, 5) is 16.0. The van der Waals surface area contributed by atoms with Gasteiger partial charge in [-0.05, 0) is 32.0 Å². The lowest BCUT2D eigenvalue weighted by molar-refractivity contribution is -0.125. The number of amides is 1. The third-order valence-corrected chi connectivity index (χ3v) is 3.73. The van der Waals surface area contributed by atoms with Crippen molar-refractivity contribution in [2.45, 2.75) is 12.8 Å². The van der Waals surface area contributed by atoms with Crippen molar-refractivity contribution in [1.29, 1.82) is 0 Å². The molecule has 0 atom stereocenters. The van der Waals surface area contributed by atoms with E-state index in [2.05, 4.69) is 20.9 Å². The molecule has 8 heteroatoms. The van der Waals surface area contributed by atoms with E-state index in [9.17, 15) is 4.79 Å². The van der Waals surface area contributed by atoms with Crippen molar-refractivity contribution < 1.29 is 4.79 Å². The fourth-order valence-electron chi connectivity index (χ4n) is 2.14. The van der Waals surface area contributed by atoms with Gasteiger partial charge in [-0.2, -0.15) is 0 Å². The number of rotatable bonds is 5. The first-order valence-corrected chi connectivity index (χ1v) is 7.46. The number of anilines is 1. The highest BCUT2D eigenvalue weighted by molar-refractivity contribution is 6.35. The van der Waals surface area contributed by atoms with E-state index in [1.54, 1.807) is 6.07 Å². The van der Waals surface area contributed by atoms with Gasteiger partial charge in [-0.15, -0.1) is 12.4 Å². The summed E-state index contributed by atoms with van der Waals surface area (Å²) >= 11 is 11.8. The number of nitrogens with zero attached hydrogens (tertiary/aromatic N) is 1. The summed E-state index contributed by atoms with van der Waals surface area (Å²) in [5, 5.41) is 10.2. The molecule has 1 aromatic heterocycles. The van der Waals surface area contributed by atoms with E-state index in [0.29, 0.717) is 29.0 Å². The Morgan fingerprint density at radius 1 is 1.33 bits per heavy atom. The van der Waals surface area contributed by atoms with Crippen LogP contribution in [0.1, 0.15) is 12.8 Å². The fraction of sp³-hybridized carbons (Fsp3) is 0.538. The molecule has 0 radical (unpaired) electrons. The molecule has 2 heterocycles. The van der Waals surface area contributed by atoms with Gasteiger partial charge in [0.15, 0.2) is 0 Å². The minimum Gasteiger partial charge on any atom is -0.367 e. The van der Waals surface area contributed by atoms with E-state index in [-0.39, 0.29) is 24.2 Å². The lowest BCUT2D eigenvalue weighted by Crippen LogP contribution is -2.39. The molecule has 0 bridgehead atoms. The summed E-state index contributed by atoms with van der Waals surface area (Å²) in [5.41, 5.74) is 0. The van der Waals surface area contributed by atoms with Crippen LogP contribution in [-0.2, 0) is 4.79 Å². The van der Waals surface area contributed by atoms with Crippen molar-refractivity contribution in [1.82, 2.24) is 15.6 Å². The monoisotopic (exact) mass is 352 g/mol. The lowest BCUT2D eigenvalue weighted by atomic mass is 9.97. The van der Waals surface area contributed by atoms with Crippen molar-refractivity contribution >= 4 is 47.3 Å². The van der Waals surface area contributed by atoms with E-state index in [1.165, 1.54) is 6.20 Å². The SMILES string of the molecule is Cl.O=C(NCCNc1ncc(Cl)cc1Cl)C1CCNCC1. The molecule has 5 nitrogen and oxygen atoms in total. The van der Waals surface area contributed by atoms with Crippen molar-refractivity contribution in [3.63, 3.8) is 0 Å². The van der Waals surface area contributed by atoms with Gasteiger partial charge in [-0.3, -0.25) is 4.79 Å². The molecule has 0 unspecified atom stereocenters. The van der Waals surface area contributed by atoms with Gasteiger partial charge in [0.2, 0.25) is 5.91 Å². The molecule has 0 spiro atoms. The van der Waals surface area contributed by atoms with Gasteiger partial charge in [-0.25, -0.2) is 4.98 Å². The number of halogens is 3. The van der Waals surface area contributed by atoms with Crippen LogP contribution in [0.15, 0.2) is 12.3 Å². The highest BCUT2D eigenvalue weighted by Gasteiger charge is 2.20. The largest absolute Gasteiger partial charge is 0.367 e. The number of carbonyl (C=O) groups is 1. The van der Waals surface area contributed by atoms with Gasteiger partial charge in [0, 0.05) is 25.2 Å². The average Bonchev–Trinajstić information content (AvgIpc) is 2.46. The molecule has 0 saturated carbocycles. The number of hydrogen-bond acceptors (Lipinski definition) is 4. The van der Waals surface area contributed by atoms with Crippen LogP contribution in [0.25, 0.3) is 0 Å². The van der Waals surface area contributed by atoms with Crippen LogP contribution in [0, 0.1) is 5.92 Å². The highest BCUT2D eigenvalue weighted by atomic mass is 35.5. The Morgan fingerprint density at radius 2 is 2.05 bits per heavy atom. The molecule has 1 aliphatic rings. The Balaban J connectivity index is 0.00000220. The van der Waals surface area contributed by atoms with E-state index in [4.69, 9.17) is 23.2 Å². The third-order valence-electron chi connectivity index (χ3n) is 3.23. The zero-order valence-electron chi connectivity index (χ0n) is 11.5. The number of hydrogen-bond donors (Lipinski definition) is 3. The molecular weight excluding hydrogens is 335 g/mol. The number of piperidine rings is 1. The fourth-order valence-corrected chi connectivity index (χ4v) is 2.59. The first kappa shape index (κ1) is 18.3. The molecule has 0 aromatic carbocycles. The number of aromatic nitrogens is 1. The van der Waals surface area contributed by atoms with Crippen LogP contribution in [-0.4, -0.2) is 37.1 Å². The molecule has 0 aliphatic carbocycles. The molecular formula is C13H19Cl3N4O. The van der Waals surface area contributed by atoms with Crippen molar-refractivity contribution in [2.75, 3.05) is 31.5 Å². The molecule has 1 aromatic rings. The molecule has 3 N–H and O–H groups in total. The molecule has 21 heavy (non-hydrogen) atoms. The standard InChI is InChI=1S/C13H18Cl2N4O.ClH/c14-10-7-11(15)12(19-8-10)17-5-6-18-13(20)9-1-3-16-4-2-9;/h7-9,16H,1-6H2,(H,17,19)(H,18,20);1H. The number of carbonyl (C=O) groups excluding carboxylic acids is 1. The third kappa shape index (κ3) is 5.87. The van der Waals surface area contributed by atoms with Crippen molar-refractivity contribution in [3.05, 3.63) is 22.3 Å². The summed E-state index contributed by atoms with van der Waals surface area (Å²) in [6.45, 7) is 2.95. The van der Waals surface area contributed by atoms with Gasteiger partial charge >= 0.3 is 0 Å². The topological polar surface area (TPSA) is 66.0 Å². The minimum atomic E-state index is 0. The van der Waals surface area contributed by atoms with Crippen LogP contribution in [0.5, 0.6) is 0 Å². The van der Waals surface area contributed by atoms with Crippen LogP contribution in [0.3, 0.4) is 0 Å². The summed E-state index contributed by atoms with van der Waals surface area (Å²) in [5.74, 6) is 0.837. The molecule has 1 amide bonds. The number of pyridine rings is 1. The van der Waals surface area contributed by atoms with E-state index < -0.39 is 0 Å². The van der Waals surface area contributed by atoms with Crippen molar-refractivity contribution in [2.24, 2.45) is 5.92 Å². The normalized spacial score (nSPS) is 15.1. The Labute approximate surface area is 140 Å². The molecule has 1 aliphatic heterocycles. The Morgan fingerprint density at radius 3 is 2.71 bits per heavy atom. The van der Waals surface area contributed by atoms with E-state index >= 15 is 0 Å². The zero-order chi connectivity index (χ0) is 14.4. The van der Waals surface area contributed by atoms with Crippen LogP contribution < -0.4 is 16.0 Å². The molecule has 1 saturated heterocycles. The quantitative estimate of drug-likeness (QED) is 0.711. The minimum absolute atomic E-state index is 0. The van der Waals surface area contributed by atoms with E-state index in [0.717, 1.165) is 25.9 Å². The Bertz CT molecular complexity index is 467. The lowest BCUT2D eigenvalue weighted by Gasteiger charge is -2.21. The summed E-state index contributed by atoms with van der Waals surface area (Å²) in [6.07, 6.45) is 3.34. The Kier molecular flexibility index (Phi) is 8.11.